The second-order valence-corrected chi connectivity index (χ2v) is 7.53. The van der Waals surface area contributed by atoms with Gasteiger partial charge in [0.05, 0.1) is 23.9 Å². The SMILES string of the molecule is CCOc1ccc(N2C[C@H](C(=O)Nc3ccccc3N3CCCC3)CC2=O)cc1. The third-order valence-electron chi connectivity index (χ3n) is 5.56. The maximum Gasteiger partial charge on any atom is 0.229 e. The summed E-state index contributed by atoms with van der Waals surface area (Å²) in [4.78, 5) is 29.4. The van der Waals surface area contributed by atoms with E-state index in [4.69, 9.17) is 4.74 Å². The van der Waals surface area contributed by atoms with Gasteiger partial charge in [-0.2, -0.15) is 0 Å². The van der Waals surface area contributed by atoms with Gasteiger partial charge >= 0.3 is 0 Å². The van der Waals surface area contributed by atoms with Crippen LogP contribution in [0.5, 0.6) is 5.75 Å². The first kappa shape index (κ1) is 19.3. The first-order valence-corrected chi connectivity index (χ1v) is 10.3. The number of nitrogens with zero attached hydrogens (tertiary/aromatic N) is 2. The predicted molar refractivity (Wildman–Crippen MR) is 115 cm³/mol. The van der Waals surface area contributed by atoms with Gasteiger partial charge in [-0.25, -0.2) is 0 Å². The predicted octanol–water partition coefficient (Wildman–Crippen LogP) is 3.68. The number of rotatable bonds is 6. The molecule has 6 heteroatoms. The van der Waals surface area contributed by atoms with Crippen molar-refractivity contribution in [1.29, 1.82) is 0 Å². The molecule has 29 heavy (non-hydrogen) atoms. The lowest BCUT2D eigenvalue weighted by Crippen LogP contribution is -2.28. The Morgan fingerprint density at radius 3 is 2.55 bits per heavy atom. The number of ether oxygens (including phenoxy) is 1. The maximum absolute atomic E-state index is 12.9. The summed E-state index contributed by atoms with van der Waals surface area (Å²) < 4.78 is 5.46. The highest BCUT2D eigenvalue weighted by Crippen LogP contribution is 2.31. The van der Waals surface area contributed by atoms with Crippen LogP contribution in [0.1, 0.15) is 26.2 Å². The average molecular weight is 393 g/mol. The lowest BCUT2D eigenvalue weighted by Gasteiger charge is -2.22. The van der Waals surface area contributed by atoms with Crippen LogP contribution in [0.4, 0.5) is 17.1 Å². The largest absolute Gasteiger partial charge is 0.494 e. The van der Waals surface area contributed by atoms with Crippen molar-refractivity contribution >= 4 is 28.9 Å². The number of carbonyl (C=O) groups excluding carboxylic acids is 2. The lowest BCUT2D eigenvalue weighted by atomic mass is 10.1. The van der Waals surface area contributed by atoms with Crippen molar-refractivity contribution in [2.24, 2.45) is 5.92 Å². The summed E-state index contributed by atoms with van der Waals surface area (Å²) in [6.45, 7) is 4.96. The first-order chi connectivity index (χ1) is 14.2. The number of para-hydroxylation sites is 2. The van der Waals surface area contributed by atoms with Crippen LogP contribution in [-0.4, -0.2) is 38.1 Å². The van der Waals surface area contributed by atoms with Gasteiger partial charge in [-0.15, -0.1) is 0 Å². The van der Waals surface area contributed by atoms with E-state index in [1.165, 1.54) is 12.8 Å². The summed E-state index contributed by atoms with van der Waals surface area (Å²) >= 11 is 0. The normalized spacial score (nSPS) is 18.9. The number of nitrogens with one attached hydrogen (secondary N) is 1. The van der Waals surface area contributed by atoms with E-state index in [1.807, 2.05) is 55.5 Å². The summed E-state index contributed by atoms with van der Waals surface area (Å²) in [5, 5.41) is 3.07. The van der Waals surface area contributed by atoms with Crippen LogP contribution in [-0.2, 0) is 9.59 Å². The zero-order valence-corrected chi connectivity index (χ0v) is 16.8. The highest BCUT2D eigenvalue weighted by Gasteiger charge is 2.35. The molecule has 2 aromatic rings. The molecule has 2 saturated heterocycles. The second-order valence-electron chi connectivity index (χ2n) is 7.53. The van der Waals surface area contributed by atoms with Crippen molar-refractivity contribution < 1.29 is 14.3 Å². The van der Waals surface area contributed by atoms with Gasteiger partial charge in [0.2, 0.25) is 11.8 Å². The minimum Gasteiger partial charge on any atom is -0.494 e. The number of hydrogen-bond acceptors (Lipinski definition) is 4. The van der Waals surface area contributed by atoms with Gasteiger partial charge in [0.1, 0.15) is 5.75 Å². The summed E-state index contributed by atoms with van der Waals surface area (Å²) in [5.41, 5.74) is 2.68. The van der Waals surface area contributed by atoms with E-state index >= 15 is 0 Å². The Bertz CT molecular complexity index is 875. The van der Waals surface area contributed by atoms with E-state index in [9.17, 15) is 9.59 Å². The second kappa shape index (κ2) is 8.55. The van der Waals surface area contributed by atoms with Crippen molar-refractivity contribution in [2.75, 3.05) is 41.4 Å². The van der Waals surface area contributed by atoms with Gasteiger partial charge in [0.15, 0.2) is 0 Å². The molecule has 2 aliphatic rings. The molecule has 2 amide bonds. The molecular formula is C23H27N3O3. The molecule has 1 atom stereocenters. The summed E-state index contributed by atoms with van der Waals surface area (Å²) in [7, 11) is 0. The molecule has 2 fully saturated rings. The third-order valence-corrected chi connectivity index (χ3v) is 5.56. The molecule has 1 N–H and O–H groups in total. The molecule has 0 bridgehead atoms. The number of anilines is 3. The highest BCUT2D eigenvalue weighted by atomic mass is 16.5. The quantitative estimate of drug-likeness (QED) is 0.813. The van der Waals surface area contributed by atoms with Gasteiger partial charge in [0, 0.05) is 31.7 Å². The molecule has 0 aliphatic carbocycles. The molecular weight excluding hydrogens is 366 g/mol. The Balaban J connectivity index is 1.43. The van der Waals surface area contributed by atoms with Gasteiger partial charge in [0.25, 0.3) is 0 Å². The van der Waals surface area contributed by atoms with Crippen LogP contribution in [0.25, 0.3) is 0 Å². The van der Waals surface area contributed by atoms with Gasteiger partial charge in [-0.05, 0) is 56.2 Å². The number of benzene rings is 2. The lowest BCUT2D eigenvalue weighted by molar-refractivity contribution is -0.122. The van der Waals surface area contributed by atoms with E-state index in [0.29, 0.717) is 13.2 Å². The molecule has 2 heterocycles. The molecule has 0 saturated carbocycles. The third kappa shape index (κ3) is 4.21. The molecule has 0 radical (unpaired) electrons. The van der Waals surface area contributed by atoms with E-state index in [-0.39, 0.29) is 24.2 Å². The van der Waals surface area contributed by atoms with Gasteiger partial charge < -0.3 is 19.9 Å². The summed E-state index contributed by atoms with van der Waals surface area (Å²) in [6.07, 6.45) is 2.58. The molecule has 2 aromatic carbocycles. The zero-order valence-electron chi connectivity index (χ0n) is 16.8. The molecule has 0 spiro atoms. The Morgan fingerprint density at radius 1 is 1.10 bits per heavy atom. The fraction of sp³-hybridized carbons (Fsp3) is 0.391. The number of hydrogen-bond donors (Lipinski definition) is 1. The van der Waals surface area contributed by atoms with Crippen molar-refractivity contribution in [3.05, 3.63) is 48.5 Å². The molecule has 152 valence electrons. The van der Waals surface area contributed by atoms with Gasteiger partial charge in [-0.3, -0.25) is 9.59 Å². The van der Waals surface area contributed by atoms with E-state index in [1.54, 1.807) is 4.90 Å². The zero-order chi connectivity index (χ0) is 20.2. The highest BCUT2D eigenvalue weighted by molar-refractivity contribution is 6.04. The van der Waals surface area contributed by atoms with Crippen molar-refractivity contribution in [3.8, 4) is 5.75 Å². The Kier molecular flexibility index (Phi) is 5.69. The van der Waals surface area contributed by atoms with Crippen molar-refractivity contribution in [1.82, 2.24) is 0 Å². The van der Waals surface area contributed by atoms with E-state index in [0.717, 1.165) is 35.9 Å². The minimum absolute atomic E-state index is 0.0258. The monoisotopic (exact) mass is 393 g/mol. The Morgan fingerprint density at radius 2 is 1.83 bits per heavy atom. The topological polar surface area (TPSA) is 61.9 Å². The van der Waals surface area contributed by atoms with E-state index < -0.39 is 0 Å². The van der Waals surface area contributed by atoms with Crippen molar-refractivity contribution in [2.45, 2.75) is 26.2 Å². The number of carbonyl (C=O) groups is 2. The summed E-state index contributed by atoms with van der Waals surface area (Å²) in [5.74, 6) is 0.289. The maximum atomic E-state index is 12.9. The van der Waals surface area contributed by atoms with Crippen LogP contribution in [0.3, 0.4) is 0 Å². The number of amides is 2. The summed E-state index contributed by atoms with van der Waals surface area (Å²) in [6, 6.07) is 15.4. The van der Waals surface area contributed by atoms with Crippen LogP contribution >= 0.6 is 0 Å². The van der Waals surface area contributed by atoms with E-state index in [2.05, 4.69) is 10.2 Å². The molecule has 4 rings (SSSR count). The molecule has 2 aliphatic heterocycles. The van der Waals surface area contributed by atoms with Crippen LogP contribution in [0.2, 0.25) is 0 Å². The standard InChI is InChI=1S/C23H27N3O3/c1-2-29-19-11-9-18(10-12-19)26-16-17(15-22(26)27)23(28)24-20-7-3-4-8-21(20)25-13-5-6-14-25/h3-4,7-12,17H,2,5-6,13-16H2,1H3,(H,24,28)/t17-/m1/s1. The van der Waals surface area contributed by atoms with Gasteiger partial charge in [-0.1, -0.05) is 12.1 Å². The molecule has 0 aromatic heterocycles. The Labute approximate surface area is 171 Å². The molecule has 0 unspecified atom stereocenters. The average Bonchev–Trinajstić information content (AvgIpc) is 3.39. The first-order valence-electron chi connectivity index (χ1n) is 10.3. The van der Waals surface area contributed by atoms with Crippen LogP contribution in [0, 0.1) is 5.92 Å². The van der Waals surface area contributed by atoms with Crippen LogP contribution < -0.4 is 19.9 Å². The fourth-order valence-electron chi connectivity index (χ4n) is 4.07. The van der Waals surface area contributed by atoms with Crippen molar-refractivity contribution in [3.63, 3.8) is 0 Å². The van der Waals surface area contributed by atoms with Crippen LogP contribution in [0.15, 0.2) is 48.5 Å². The Hall–Kier alpha value is -3.02. The minimum atomic E-state index is -0.360. The fourth-order valence-corrected chi connectivity index (χ4v) is 4.07. The molecule has 6 nitrogen and oxygen atoms in total. The smallest absolute Gasteiger partial charge is 0.229 e.